The number of carbonyl (C=O) groups excluding carboxylic acids is 3. The number of aliphatic hydroxyl groups is 1. The number of carboxylic acids is 1. The van der Waals surface area contributed by atoms with Gasteiger partial charge < -0.3 is 48.5 Å². The number of aliphatic hydroxyl groups excluding tert-OH is 1. The van der Waals surface area contributed by atoms with Crippen LogP contribution in [0.3, 0.4) is 0 Å². The Morgan fingerprint density at radius 2 is 1.57 bits per heavy atom. The standard InChI is InChI=1S/C21H33N7O7/c1-11(17(31)28-16(20(34)35)9-12-4-6-13(30)7-5-12)26-19(33)15(3-2-8-25-21(23)24)27-18(32)14(22)10-29/h4-7,11,14-16,29-30H,2-3,8-10,22H2,1H3,(H,26,33)(H,27,32)(H,28,31)(H,34,35)(H4,23,24,25). The SMILES string of the molecule is CC(NC(=O)C(CCCN=C(N)N)NC(=O)C(N)CO)C(=O)NC(Cc1ccc(O)cc1)C(=O)O. The molecule has 0 fully saturated rings. The topological polar surface area (TPSA) is 255 Å². The van der Waals surface area contributed by atoms with Crippen LogP contribution in [0.15, 0.2) is 29.3 Å². The molecule has 0 spiro atoms. The van der Waals surface area contributed by atoms with Gasteiger partial charge in [0.15, 0.2) is 5.96 Å². The lowest BCUT2D eigenvalue weighted by atomic mass is 10.1. The number of amides is 3. The van der Waals surface area contributed by atoms with Crippen LogP contribution in [0, 0.1) is 0 Å². The number of nitrogens with two attached hydrogens (primary N) is 3. The van der Waals surface area contributed by atoms with Gasteiger partial charge in [0.1, 0.15) is 29.9 Å². The van der Waals surface area contributed by atoms with Crippen LogP contribution >= 0.6 is 0 Å². The quantitative estimate of drug-likeness (QED) is 0.0712. The van der Waals surface area contributed by atoms with Crippen molar-refractivity contribution in [2.75, 3.05) is 13.2 Å². The first kappa shape index (κ1) is 29.1. The highest BCUT2D eigenvalue weighted by molar-refractivity contribution is 5.94. The molecule has 0 bridgehead atoms. The third-order valence-corrected chi connectivity index (χ3v) is 4.85. The van der Waals surface area contributed by atoms with E-state index in [0.29, 0.717) is 12.0 Å². The molecule has 0 saturated carbocycles. The van der Waals surface area contributed by atoms with Crippen molar-refractivity contribution < 1.29 is 34.5 Å². The number of carboxylic acid groups (broad SMARTS) is 1. The van der Waals surface area contributed by atoms with Gasteiger partial charge in [0, 0.05) is 13.0 Å². The first-order valence-corrected chi connectivity index (χ1v) is 10.8. The van der Waals surface area contributed by atoms with Crippen LogP contribution in [0.2, 0.25) is 0 Å². The van der Waals surface area contributed by atoms with E-state index in [1.54, 1.807) is 0 Å². The molecule has 14 nitrogen and oxygen atoms in total. The Balaban J connectivity index is 2.80. The lowest BCUT2D eigenvalue weighted by Gasteiger charge is -2.23. The molecule has 1 aromatic carbocycles. The number of phenols is 1. The van der Waals surface area contributed by atoms with E-state index in [2.05, 4.69) is 20.9 Å². The molecule has 0 aliphatic carbocycles. The Morgan fingerprint density at radius 1 is 0.971 bits per heavy atom. The average Bonchev–Trinajstić information content (AvgIpc) is 2.80. The zero-order valence-corrected chi connectivity index (χ0v) is 19.3. The van der Waals surface area contributed by atoms with Crippen LogP contribution in [0.5, 0.6) is 5.75 Å². The van der Waals surface area contributed by atoms with Gasteiger partial charge in [-0.25, -0.2) is 4.79 Å². The maximum atomic E-state index is 12.7. The van der Waals surface area contributed by atoms with Crippen molar-refractivity contribution in [3.05, 3.63) is 29.8 Å². The van der Waals surface area contributed by atoms with Crippen molar-refractivity contribution in [1.29, 1.82) is 0 Å². The Kier molecular flexibility index (Phi) is 12.0. The van der Waals surface area contributed by atoms with Gasteiger partial charge in [0.05, 0.1) is 6.61 Å². The second-order valence-electron chi connectivity index (χ2n) is 7.80. The van der Waals surface area contributed by atoms with E-state index in [0.717, 1.165) is 0 Å². The number of hydrogen-bond acceptors (Lipinski definition) is 8. The summed E-state index contributed by atoms with van der Waals surface area (Å²) < 4.78 is 0. The van der Waals surface area contributed by atoms with Gasteiger partial charge in [-0.1, -0.05) is 12.1 Å². The molecule has 194 valence electrons. The molecular formula is C21H33N7O7. The highest BCUT2D eigenvalue weighted by Crippen LogP contribution is 2.11. The van der Waals surface area contributed by atoms with Crippen LogP contribution in [0.25, 0.3) is 0 Å². The molecule has 0 aromatic heterocycles. The van der Waals surface area contributed by atoms with Crippen molar-refractivity contribution in [2.45, 2.75) is 50.4 Å². The van der Waals surface area contributed by atoms with Gasteiger partial charge in [-0.05, 0) is 37.5 Å². The number of hydrogen-bond donors (Lipinski definition) is 9. The number of aliphatic imine (C=N–C) groups is 1. The number of phenolic OH excluding ortho intramolecular Hbond substituents is 1. The van der Waals surface area contributed by atoms with Gasteiger partial charge >= 0.3 is 5.97 Å². The zero-order chi connectivity index (χ0) is 26.5. The van der Waals surface area contributed by atoms with Crippen molar-refractivity contribution in [3.63, 3.8) is 0 Å². The fourth-order valence-electron chi connectivity index (χ4n) is 2.88. The normalized spacial score (nSPS) is 14.0. The molecule has 4 unspecified atom stereocenters. The van der Waals surface area contributed by atoms with E-state index >= 15 is 0 Å². The molecule has 0 aliphatic heterocycles. The van der Waals surface area contributed by atoms with Gasteiger partial charge in [-0.2, -0.15) is 0 Å². The Labute approximate surface area is 201 Å². The second-order valence-corrected chi connectivity index (χ2v) is 7.80. The number of nitrogens with one attached hydrogen (secondary N) is 3. The van der Waals surface area contributed by atoms with E-state index in [4.69, 9.17) is 22.3 Å². The summed E-state index contributed by atoms with van der Waals surface area (Å²) in [4.78, 5) is 52.8. The third-order valence-electron chi connectivity index (χ3n) is 4.85. The minimum Gasteiger partial charge on any atom is -0.508 e. The van der Waals surface area contributed by atoms with E-state index < -0.39 is 54.5 Å². The fourth-order valence-corrected chi connectivity index (χ4v) is 2.88. The number of aliphatic carboxylic acids is 1. The molecule has 0 radical (unpaired) electrons. The zero-order valence-electron chi connectivity index (χ0n) is 19.3. The number of aromatic hydroxyl groups is 1. The molecule has 0 heterocycles. The van der Waals surface area contributed by atoms with Gasteiger partial charge in [-0.3, -0.25) is 19.4 Å². The van der Waals surface area contributed by atoms with E-state index in [9.17, 15) is 29.4 Å². The number of carbonyl (C=O) groups is 4. The lowest BCUT2D eigenvalue weighted by Crippen LogP contribution is -2.56. The van der Waals surface area contributed by atoms with Gasteiger partial charge in [0.2, 0.25) is 17.7 Å². The molecule has 0 aliphatic rings. The summed E-state index contributed by atoms with van der Waals surface area (Å²) in [6.45, 7) is 0.899. The first-order chi connectivity index (χ1) is 16.4. The second kappa shape index (κ2) is 14.4. The molecule has 1 aromatic rings. The third kappa shape index (κ3) is 10.7. The highest BCUT2D eigenvalue weighted by Gasteiger charge is 2.28. The molecule has 35 heavy (non-hydrogen) atoms. The predicted molar refractivity (Wildman–Crippen MR) is 126 cm³/mol. The van der Waals surface area contributed by atoms with Crippen LogP contribution in [0.4, 0.5) is 0 Å². The lowest BCUT2D eigenvalue weighted by molar-refractivity contribution is -0.142. The minimum absolute atomic E-state index is 0.0147. The van der Waals surface area contributed by atoms with Crippen LogP contribution in [0.1, 0.15) is 25.3 Å². The Hall–Kier alpha value is -3.91. The number of guanidine groups is 1. The molecule has 0 saturated heterocycles. The summed E-state index contributed by atoms with van der Waals surface area (Å²) in [6, 6.07) is 1.03. The van der Waals surface area contributed by atoms with Crippen LogP contribution in [-0.2, 0) is 25.6 Å². The van der Waals surface area contributed by atoms with E-state index in [-0.39, 0.29) is 31.1 Å². The summed E-state index contributed by atoms with van der Waals surface area (Å²) >= 11 is 0. The summed E-state index contributed by atoms with van der Waals surface area (Å²) in [5.41, 5.74) is 16.6. The minimum atomic E-state index is -1.29. The van der Waals surface area contributed by atoms with Crippen molar-refractivity contribution in [3.8, 4) is 5.75 Å². The fraction of sp³-hybridized carbons (Fsp3) is 0.476. The van der Waals surface area contributed by atoms with Crippen molar-refractivity contribution in [2.24, 2.45) is 22.2 Å². The predicted octanol–water partition coefficient (Wildman–Crippen LogP) is -3.13. The van der Waals surface area contributed by atoms with Crippen LogP contribution in [-0.4, -0.2) is 82.3 Å². The van der Waals surface area contributed by atoms with E-state index in [1.165, 1.54) is 31.2 Å². The van der Waals surface area contributed by atoms with Crippen molar-refractivity contribution in [1.82, 2.24) is 16.0 Å². The number of nitrogens with zero attached hydrogens (tertiary/aromatic N) is 1. The maximum Gasteiger partial charge on any atom is 0.326 e. The Bertz CT molecular complexity index is 904. The highest BCUT2D eigenvalue weighted by atomic mass is 16.4. The number of benzene rings is 1. The molecule has 12 N–H and O–H groups in total. The molecule has 3 amide bonds. The maximum absolute atomic E-state index is 12.7. The summed E-state index contributed by atoms with van der Waals surface area (Å²) in [6.07, 6.45) is 0.350. The van der Waals surface area contributed by atoms with Gasteiger partial charge in [-0.15, -0.1) is 0 Å². The van der Waals surface area contributed by atoms with Gasteiger partial charge in [0.25, 0.3) is 0 Å². The number of rotatable bonds is 14. The molecular weight excluding hydrogens is 462 g/mol. The smallest absolute Gasteiger partial charge is 0.326 e. The van der Waals surface area contributed by atoms with Crippen LogP contribution < -0.4 is 33.2 Å². The summed E-state index contributed by atoms with van der Waals surface area (Å²) in [7, 11) is 0. The molecule has 4 atom stereocenters. The molecule has 14 heteroatoms. The van der Waals surface area contributed by atoms with E-state index in [1.807, 2.05) is 0 Å². The van der Waals surface area contributed by atoms with Crippen molar-refractivity contribution >= 4 is 29.7 Å². The summed E-state index contributed by atoms with van der Waals surface area (Å²) in [5, 5.41) is 35.1. The first-order valence-electron chi connectivity index (χ1n) is 10.8. The largest absolute Gasteiger partial charge is 0.508 e. The Morgan fingerprint density at radius 3 is 2.11 bits per heavy atom. The average molecular weight is 496 g/mol. The summed E-state index contributed by atoms with van der Waals surface area (Å²) in [5.74, 6) is -3.66. The molecule has 1 rings (SSSR count). The monoisotopic (exact) mass is 495 g/mol.